The Morgan fingerprint density at radius 2 is 1.82 bits per heavy atom. The van der Waals surface area contributed by atoms with Crippen molar-refractivity contribution in [3.8, 4) is 5.82 Å². The van der Waals surface area contributed by atoms with Crippen LogP contribution in [-0.2, 0) is 11.8 Å². The first kappa shape index (κ1) is 17.5. The first-order valence-electron chi connectivity index (χ1n) is 12.1. The fraction of sp³-hybridized carbons (Fsp3) is 0.161. The van der Waals surface area contributed by atoms with Gasteiger partial charge in [0.15, 0.2) is 5.82 Å². The van der Waals surface area contributed by atoms with E-state index < -0.39 is 0 Å². The van der Waals surface area contributed by atoms with Crippen molar-refractivity contribution in [1.82, 2.24) is 14.8 Å². The smallest absolute Gasteiger partial charge is 0.168 e. The van der Waals surface area contributed by atoms with Crippen molar-refractivity contribution in [2.75, 3.05) is 0 Å². The van der Waals surface area contributed by atoms with E-state index in [-0.39, 0.29) is 5.41 Å². The van der Waals surface area contributed by atoms with Gasteiger partial charge in [-0.3, -0.25) is 4.57 Å². The molecule has 0 radical (unpaired) electrons. The van der Waals surface area contributed by atoms with Crippen LogP contribution in [0.4, 0.5) is 0 Å². The molecule has 2 heterocycles. The van der Waals surface area contributed by atoms with E-state index in [9.17, 15) is 0 Å². The molecule has 0 saturated carbocycles. The molecular weight excluding hydrogens is 414 g/mol. The highest BCUT2D eigenvalue weighted by molar-refractivity contribution is 6.28. The van der Waals surface area contributed by atoms with E-state index in [0.717, 1.165) is 23.0 Å². The van der Waals surface area contributed by atoms with Crippen LogP contribution in [0.25, 0.3) is 61.2 Å². The standard InChI is InChI=1S/C31H21N3/c1-31(2)20-11-7-16-9-13-22-28-24(16)26(20)27-21(31)12-8-17-10-14-23(29(28)25(17)27)34(22)30-19-6-4-3-5-18(19)15-32-33-30/h3-9,11-15,20H,10H2,1-2H3. The van der Waals surface area contributed by atoms with E-state index in [2.05, 4.69) is 90.3 Å². The van der Waals surface area contributed by atoms with E-state index in [4.69, 9.17) is 5.10 Å². The number of aromatic nitrogens is 3. The zero-order chi connectivity index (χ0) is 22.3. The maximum Gasteiger partial charge on any atom is 0.168 e. The highest BCUT2D eigenvalue weighted by atomic mass is 15.2. The summed E-state index contributed by atoms with van der Waals surface area (Å²) in [4.78, 5) is 0. The van der Waals surface area contributed by atoms with Crippen LogP contribution in [0.1, 0.15) is 42.0 Å². The van der Waals surface area contributed by atoms with Crippen molar-refractivity contribution in [1.29, 1.82) is 0 Å². The second kappa shape index (κ2) is 5.39. The fourth-order valence-corrected chi connectivity index (χ4v) is 7.32. The van der Waals surface area contributed by atoms with E-state index in [1.165, 1.54) is 54.5 Å². The van der Waals surface area contributed by atoms with Gasteiger partial charge in [0.25, 0.3) is 0 Å². The fourth-order valence-electron chi connectivity index (χ4n) is 7.32. The lowest BCUT2D eigenvalue weighted by molar-refractivity contribution is 0.494. The molecule has 3 aliphatic rings. The Kier molecular flexibility index (Phi) is 2.77. The van der Waals surface area contributed by atoms with Crippen LogP contribution in [0, 0.1) is 0 Å². The van der Waals surface area contributed by atoms with Gasteiger partial charge in [-0.25, -0.2) is 0 Å². The monoisotopic (exact) mass is 435 g/mol. The largest absolute Gasteiger partial charge is 0.292 e. The summed E-state index contributed by atoms with van der Waals surface area (Å²) in [6.07, 6.45) is 10.0. The molecule has 3 heteroatoms. The molecule has 34 heavy (non-hydrogen) atoms. The van der Waals surface area contributed by atoms with Gasteiger partial charge in [-0.15, -0.1) is 5.10 Å². The van der Waals surface area contributed by atoms with Crippen LogP contribution in [0.5, 0.6) is 0 Å². The van der Waals surface area contributed by atoms with Crippen LogP contribution < -0.4 is 5.35 Å². The summed E-state index contributed by atoms with van der Waals surface area (Å²) in [5, 5.41) is 19.9. The quantitative estimate of drug-likeness (QED) is 0.282. The lowest BCUT2D eigenvalue weighted by Gasteiger charge is -2.29. The lowest BCUT2D eigenvalue weighted by atomic mass is 9.74. The number of rotatable bonds is 1. The van der Waals surface area contributed by atoms with E-state index in [0.29, 0.717) is 5.92 Å². The van der Waals surface area contributed by atoms with Gasteiger partial charge >= 0.3 is 0 Å². The van der Waals surface area contributed by atoms with Crippen molar-refractivity contribution in [2.24, 2.45) is 0 Å². The van der Waals surface area contributed by atoms with Crippen LogP contribution >= 0.6 is 0 Å². The number of hydrogen-bond acceptors (Lipinski definition) is 2. The number of hydrogen-bond donors (Lipinski definition) is 0. The second-order valence-electron chi connectivity index (χ2n) is 10.7. The summed E-state index contributed by atoms with van der Waals surface area (Å²) in [5.74, 6) is 1.33. The normalized spacial score (nSPS) is 18.8. The molecule has 0 spiro atoms. The molecule has 0 amide bonds. The number of benzene rings is 4. The molecule has 6 aromatic rings. The minimum absolute atomic E-state index is 0.0952. The van der Waals surface area contributed by atoms with Gasteiger partial charge in [0.05, 0.1) is 17.1 Å². The Morgan fingerprint density at radius 3 is 2.76 bits per heavy atom. The van der Waals surface area contributed by atoms with E-state index >= 15 is 0 Å². The minimum atomic E-state index is 0.0952. The Bertz CT molecular complexity index is 2010. The predicted octanol–water partition coefficient (Wildman–Crippen LogP) is 6.34. The minimum Gasteiger partial charge on any atom is -0.292 e. The first-order valence-corrected chi connectivity index (χ1v) is 12.1. The summed E-state index contributed by atoms with van der Waals surface area (Å²) in [6.45, 7) is 4.84. The average Bonchev–Trinajstić information content (AvgIpc) is 3.33. The van der Waals surface area contributed by atoms with Crippen LogP contribution in [-0.4, -0.2) is 14.8 Å². The van der Waals surface area contributed by atoms with Gasteiger partial charge in [-0.05, 0) is 50.9 Å². The molecule has 3 nitrogen and oxygen atoms in total. The van der Waals surface area contributed by atoms with Crippen molar-refractivity contribution >= 4 is 55.4 Å². The van der Waals surface area contributed by atoms with Gasteiger partial charge in [-0.2, -0.15) is 5.10 Å². The molecule has 4 aromatic carbocycles. The van der Waals surface area contributed by atoms with Gasteiger partial charge < -0.3 is 0 Å². The number of allylic oxidation sites excluding steroid dienone is 1. The first-order chi connectivity index (χ1) is 16.6. The summed E-state index contributed by atoms with van der Waals surface area (Å²) in [7, 11) is 0. The lowest BCUT2D eigenvalue weighted by Crippen LogP contribution is -2.21. The van der Waals surface area contributed by atoms with Crippen molar-refractivity contribution < 1.29 is 0 Å². The predicted molar refractivity (Wildman–Crippen MR) is 140 cm³/mol. The maximum atomic E-state index is 4.71. The van der Waals surface area contributed by atoms with Crippen molar-refractivity contribution in [3.63, 3.8) is 0 Å². The highest BCUT2D eigenvalue weighted by Crippen LogP contribution is 2.58. The molecule has 0 aliphatic heterocycles. The Labute approximate surface area is 196 Å². The van der Waals surface area contributed by atoms with Gasteiger partial charge in [0.2, 0.25) is 0 Å². The molecule has 3 aliphatic carbocycles. The molecular formula is C31H21N3. The molecule has 1 unspecified atom stereocenters. The molecule has 0 N–H and O–H groups in total. The third-order valence-electron chi connectivity index (χ3n) is 8.81. The molecule has 0 saturated heterocycles. The third kappa shape index (κ3) is 1.72. The number of fused-ring (bicyclic) bond motifs is 1. The van der Waals surface area contributed by atoms with Gasteiger partial charge in [-0.1, -0.05) is 74.5 Å². The second-order valence-corrected chi connectivity index (χ2v) is 10.7. The molecule has 1 atom stereocenters. The van der Waals surface area contributed by atoms with Crippen molar-refractivity contribution in [3.05, 3.63) is 88.4 Å². The Morgan fingerprint density at radius 1 is 0.912 bits per heavy atom. The van der Waals surface area contributed by atoms with Crippen molar-refractivity contribution in [2.45, 2.75) is 31.6 Å². The molecule has 0 fully saturated rings. The van der Waals surface area contributed by atoms with Gasteiger partial charge in [0, 0.05) is 32.9 Å². The maximum absolute atomic E-state index is 4.71. The highest BCUT2D eigenvalue weighted by Gasteiger charge is 2.43. The SMILES string of the molecule is CC1(C)c2ccc3c4c2c2c5c(ccc6c5c4c(n6-c4nncc5ccccc45)=CC3)C=CC21. The van der Waals surface area contributed by atoms with Gasteiger partial charge in [0.1, 0.15) is 0 Å². The zero-order valence-electron chi connectivity index (χ0n) is 19.1. The van der Waals surface area contributed by atoms with Crippen LogP contribution in [0.15, 0.2) is 60.8 Å². The van der Waals surface area contributed by atoms with E-state index in [1.54, 1.807) is 5.56 Å². The topological polar surface area (TPSA) is 30.7 Å². The van der Waals surface area contributed by atoms with Crippen LogP contribution in [0.3, 0.4) is 0 Å². The van der Waals surface area contributed by atoms with Crippen LogP contribution in [0.2, 0.25) is 0 Å². The molecule has 0 bridgehead atoms. The Hall–Kier alpha value is -3.98. The summed E-state index contributed by atoms with van der Waals surface area (Å²) >= 11 is 0. The summed E-state index contributed by atoms with van der Waals surface area (Å²) in [6, 6.07) is 17.8. The van der Waals surface area contributed by atoms with E-state index in [1.807, 2.05) is 6.20 Å². The summed E-state index contributed by atoms with van der Waals surface area (Å²) in [5.41, 5.74) is 7.16. The molecule has 9 rings (SSSR count). The third-order valence-corrected chi connectivity index (χ3v) is 8.81. The zero-order valence-corrected chi connectivity index (χ0v) is 19.1. The number of nitrogens with zero attached hydrogens (tertiary/aromatic N) is 3. The average molecular weight is 436 g/mol. The Balaban J connectivity index is 1.61. The molecule has 2 aromatic heterocycles. The summed E-state index contributed by atoms with van der Waals surface area (Å²) < 4.78 is 2.38. The molecule has 160 valence electrons.